The Morgan fingerprint density at radius 1 is 0.667 bits per heavy atom. The van der Waals surface area contributed by atoms with Crippen LogP contribution in [0.1, 0.15) is 0 Å². The van der Waals surface area contributed by atoms with E-state index < -0.39 is 11.6 Å². The van der Waals surface area contributed by atoms with Crippen molar-refractivity contribution in [3.63, 3.8) is 0 Å². The van der Waals surface area contributed by atoms with Crippen LogP contribution in [0, 0.1) is 11.6 Å². The highest BCUT2D eigenvalue weighted by Crippen LogP contribution is 2.21. The molecule has 0 bridgehead atoms. The lowest BCUT2D eigenvalue weighted by molar-refractivity contribution is -0.114. The van der Waals surface area contributed by atoms with Crippen LogP contribution in [0.2, 0.25) is 0 Å². The van der Waals surface area contributed by atoms with Crippen molar-refractivity contribution < 1.29 is 13.6 Å². The molecule has 10 heteroatoms. The smallest absolute Gasteiger partial charge is 0.243 e. The van der Waals surface area contributed by atoms with E-state index in [1.165, 1.54) is 24.3 Å². The molecule has 4 rings (SSSR count). The number of carbonyl (C=O) groups is 1. The first kappa shape index (κ1) is 21.6. The second-order valence-corrected chi connectivity index (χ2v) is 6.78. The monoisotopic (exact) mass is 447 g/mol. The highest BCUT2D eigenvalue weighted by molar-refractivity contribution is 5.93. The molecule has 4 aromatic rings. The predicted molar refractivity (Wildman–Crippen MR) is 123 cm³/mol. The quantitative estimate of drug-likeness (QED) is 0.311. The van der Waals surface area contributed by atoms with Gasteiger partial charge in [0, 0.05) is 5.69 Å². The molecule has 8 nitrogen and oxygen atoms in total. The Morgan fingerprint density at radius 2 is 1.15 bits per heavy atom. The van der Waals surface area contributed by atoms with Crippen LogP contribution >= 0.6 is 0 Å². The number of carbonyl (C=O) groups excluding carboxylic acids is 1. The molecule has 0 unspecified atom stereocenters. The number of nitrogens with one attached hydrogen (secondary N) is 4. The summed E-state index contributed by atoms with van der Waals surface area (Å²) in [7, 11) is 0. The first-order chi connectivity index (χ1) is 16.1. The average Bonchev–Trinajstić information content (AvgIpc) is 2.81. The van der Waals surface area contributed by atoms with Crippen LogP contribution in [0.5, 0.6) is 0 Å². The summed E-state index contributed by atoms with van der Waals surface area (Å²) in [6.45, 7) is -0.142. The van der Waals surface area contributed by atoms with Crippen LogP contribution in [0.25, 0.3) is 0 Å². The van der Waals surface area contributed by atoms with E-state index >= 15 is 0 Å². The van der Waals surface area contributed by atoms with E-state index in [0.29, 0.717) is 5.69 Å². The lowest BCUT2D eigenvalue weighted by atomic mass is 10.3. The Hall–Kier alpha value is -4.60. The van der Waals surface area contributed by atoms with E-state index in [4.69, 9.17) is 0 Å². The second-order valence-electron chi connectivity index (χ2n) is 6.78. The number of nitrogens with zero attached hydrogens (tertiary/aromatic N) is 3. The van der Waals surface area contributed by atoms with E-state index in [9.17, 15) is 13.6 Å². The van der Waals surface area contributed by atoms with Gasteiger partial charge in [0.25, 0.3) is 0 Å². The summed E-state index contributed by atoms with van der Waals surface area (Å²) in [5.74, 6) is -1.30. The third kappa shape index (κ3) is 5.97. The average molecular weight is 447 g/mol. The molecule has 0 aliphatic heterocycles. The summed E-state index contributed by atoms with van der Waals surface area (Å²) in [5.41, 5.74) is 0.936. The van der Waals surface area contributed by atoms with Crippen LogP contribution < -0.4 is 21.3 Å². The fraction of sp³-hybridized carbons (Fsp3) is 0.0435. The minimum Gasteiger partial charge on any atom is -0.345 e. The summed E-state index contributed by atoms with van der Waals surface area (Å²) < 4.78 is 28.1. The molecule has 166 valence electrons. The van der Waals surface area contributed by atoms with E-state index in [-0.39, 0.29) is 41.7 Å². The number of para-hydroxylation sites is 3. The molecule has 1 heterocycles. The van der Waals surface area contributed by atoms with Crippen molar-refractivity contribution in [2.24, 2.45) is 0 Å². The second kappa shape index (κ2) is 10.1. The zero-order chi connectivity index (χ0) is 23.0. The Balaban J connectivity index is 1.54. The minimum atomic E-state index is -0.502. The molecule has 0 saturated heterocycles. The predicted octanol–water partition coefficient (Wildman–Crippen LogP) is 4.69. The van der Waals surface area contributed by atoms with Gasteiger partial charge in [0.05, 0.1) is 17.9 Å². The van der Waals surface area contributed by atoms with E-state index in [1.807, 2.05) is 6.07 Å². The maximum atomic E-state index is 14.1. The van der Waals surface area contributed by atoms with Gasteiger partial charge in [0.2, 0.25) is 23.8 Å². The van der Waals surface area contributed by atoms with Crippen molar-refractivity contribution in [1.29, 1.82) is 0 Å². The van der Waals surface area contributed by atoms with Crippen molar-refractivity contribution in [2.75, 3.05) is 27.8 Å². The third-order valence-corrected chi connectivity index (χ3v) is 4.34. The van der Waals surface area contributed by atoms with Gasteiger partial charge in [-0.1, -0.05) is 42.5 Å². The number of benzene rings is 3. The van der Waals surface area contributed by atoms with Gasteiger partial charge in [-0.15, -0.1) is 0 Å². The van der Waals surface area contributed by atoms with Gasteiger partial charge < -0.3 is 21.3 Å². The summed E-state index contributed by atoms with van der Waals surface area (Å²) in [6.07, 6.45) is 0. The molecule has 0 spiro atoms. The van der Waals surface area contributed by atoms with Gasteiger partial charge in [-0.25, -0.2) is 8.78 Å². The van der Waals surface area contributed by atoms with Crippen LogP contribution in [0.3, 0.4) is 0 Å². The molecule has 0 aliphatic rings. The molecule has 3 aromatic carbocycles. The number of anilines is 6. The first-order valence-electron chi connectivity index (χ1n) is 9.95. The fourth-order valence-electron chi connectivity index (χ4n) is 2.82. The number of aromatic nitrogens is 3. The summed E-state index contributed by atoms with van der Waals surface area (Å²) in [5, 5.41) is 11.1. The maximum Gasteiger partial charge on any atom is 0.243 e. The molecule has 4 N–H and O–H groups in total. The largest absolute Gasteiger partial charge is 0.345 e. The van der Waals surface area contributed by atoms with Crippen molar-refractivity contribution in [1.82, 2.24) is 15.0 Å². The highest BCUT2D eigenvalue weighted by Gasteiger charge is 2.12. The number of hydrogen-bond donors (Lipinski definition) is 4. The van der Waals surface area contributed by atoms with E-state index in [1.54, 1.807) is 48.5 Å². The van der Waals surface area contributed by atoms with Gasteiger partial charge in [0.15, 0.2) is 0 Å². The van der Waals surface area contributed by atoms with Crippen molar-refractivity contribution >= 4 is 40.8 Å². The zero-order valence-corrected chi connectivity index (χ0v) is 17.2. The number of hydrogen-bond acceptors (Lipinski definition) is 7. The van der Waals surface area contributed by atoms with Crippen molar-refractivity contribution in [3.05, 3.63) is 90.5 Å². The van der Waals surface area contributed by atoms with E-state index in [0.717, 1.165) is 0 Å². The maximum absolute atomic E-state index is 14.1. The topological polar surface area (TPSA) is 104 Å². The Labute approximate surface area is 188 Å². The van der Waals surface area contributed by atoms with Gasteiger partial charge in [-0.3, -0.25) is 4.79 Å². The van der Waals surface area contributed by atoms with Gasteiger partial charge in [-0.2, -0.15) is 15.0 Å². The third-order valence-electron chi connectivity index (χ3n) is 4.34. The molecular weight excluding hydrogens is 428 g/mol. The number of halogens is 2. The van der Waals surface area contributed by atoms with Crippen molar-refractivity contribution in [3.8, 4) is 0 Å². The molecule has 1 aromatic heterocycles. The fourth-order valence-corrected chi connectivity index (χ4v) is 2.82. The minimum absolute atomic E-state index is 0.0000863. The van der Waals surface area contributed by atoms with E-state index in [2.05, 4.69) is 36.2 Å². The molecule has 1 amide bonds. The Morgan fingerprint density at radius 3 is 1.70 bits per heavy atom. The molecular formula is C23H19F2N7O. The van der Waals surface area contributed by atoms with Gasteiger partial charge in [-0.05, 0) is 36.4 Å². The Bertz CT molecular complexity index is 1190. The molecule has 33 heavy (non-hydrogen) atoms. The van der Waals surface area contributed by atoms with Crippen molar-refractivity contribution in [2.45, 2.75) is 0 Å². The highest BCUT2D eigenvalue weighted by atomic mass is 19.1. The normalized spacial score (nSPS) is 10.4. The molecule has 0 aliphatic carbocycles. The van der Waals surface area contributed by atoms with Crippen LogP contribution in [-0.2, 0) is 4.79 Å². The lowest BCUT2D eigenvalue weighted by Crippen LogP contribution is -2.23. The SMILES string of the molecule is O=C(CNc1nc(Nc2ccccc2F)nc(Nc2ccccc2F)n1)Nc1ccccc1. The van der Waals surface area contributed by atoms with Gasteiger partial charge in [0.1, 0.15) is 11.6 Å². The number of rotatable bonds is 8. The summed E-state index contributed by atoms with van der Waals surface area (Å²) in [6, 6.07) is 21.0. The first-order valence-corrected chi connectivity index (χ1v) is 9.95. The molecule has 0 radical (unpaired) electrons. The molecule has 0 fully saturated rings. The van der Waals surface area contributed by atoms with Crippen LogP contribution in [0.15, 0.2) is 78.9 Å². The summed E-state index contributed by atoms with van der Waals surface area (Å²) in [4.78, 5) is 24.8. The lowest BCUT2D eigenvalue weighted by Gasteiger charge is -2.12. The standard InChI is InChI=1S/C23H19F2N7O/c24-16-10-4-6-12-18(16)28-22-30-21(26-14-20(33)27-15-8-2-1-3-9-15)31-23(32-22)29-19-13-7-5-11-17(19)25/h1-13H,14H2,(H,27,33)(H3,26,28,29,30,31,32). The molecule has 0 saturated carbocycles. The van der Waals surface area contributed by atoms with Crippen LogP contribution in [-0.4, -0.2) is 27.4 Å². The number of amides is 1. The zero-order valence-electron chi connectivity index (χ0n) is 17.2. The summed E-state index contributed by atoms with van der Waals surface area (Å²) >= 11 is 0. The van der Waals surface area contributed by atoms with Gasteiger partial charge >= 0.3 is 0 Å². The molecule has 0 atom stereocenters. The Kier molecular flexibility index (Phi) is 6.64. The van der Waals surface area contributed by atoms with Crippen LogP contribution in [0.4, 0.5) is 43.7 Å².